The molecule has 0 atom stereocenters. The maximum atomic E-state index is 11.5. The van der Waals surface area contributed by atoms with Gasteiger partial charge in [-0.2, -0.15) is 5.26 Å². The van der Waals surface area contributed by atoms with Crippen molar-refractivity contribution in [3.8, 4) is 17.3 Å². The lowest BCUT2D eigenvalue weighted by atomic mass is 9.97. The van der Waals surface area contributed by atoms with Crippen molar-refractivity contribution in [2.75, 3.05) is 0 Å². The van der Waals surface area contributed by atoms with E-state index < -0.39 is 0 Å². The van der Waals surface area contributed by atoms with Gasteiger partial charge in [-0.3, -0.25) is 4.79 Å². The van der Waals surface area contributed by atoms with Crippen molar-refractivity contribution in [2.24, 2.45) is 0 Å². The zero-order valence-corrected chi connectivity index (χ0v) is 11.6. The summed E-state index contributed by atoms with van der Waals surface area (Å²) in [4.78, 5) is 20.0. The molecule has 6 heteroatoms. The van der Waals surface area contributed by atoms with Crippen molar-refractivity contribution in [3.63, 3.8) is 0 Å². The van der Waals surface area contributed by atoms with Crippen molar-refractivity contribution in [1.82, 2.24) is 9.97 Å². The predicted molar refractivity (Wildman–Crippen MR) is 73.0 cm³/mol. The van der Waals surface area contributed by atoms with Crippen LogP contribution < -0.4 is 5.56 Å². The second-order valence-corrected chi connectivity index (χ2v) is 6.59. The van der Waals surface area contributed by atoms with Gasteiger partial charge in [-0.05, 0) is 41.5 Å². The molecule has 1 N–H and O–H groups in total. The van der Waals surface area contributed by atoms with E-state index >= 15 is 0 Å². The van der Waals surface area contributed by atoms with Crippen molar-refractivity contribution < 1.29 is 0 Å². The number of hydrogen-bond acceptors (Lipinski definition) is 4. The minimum Gasteiger partial charge on any atom is -0.324 e. The summed E-state index contributed by atoms with van der Waals surface area (Å²) >= 11 is 3.87. The van der Waals surface area contributed by atoms with E-state index in [1.54, 1.807) is 17.4 Å². The standard InChI is InChI=1S/C11H6IN3OS/c12-11-15-9-6-3-5(4-13)10(16)14-7(6)1-2-8(9)17-11/h3H,1-2H2,(H,14,16). The molecule has 17 heavy (non-hydrogen) atoms. The molecule has 0 aliphatic heterocycles. The van der Waals surface area contributed by atoms with Gasteiger partial charge in [-0.15, -0.1) is 11.3 Å². The highest BCUT2D eigenvalue weighted by atomic mass is 127. The van der Waals surface area contributed by atoms with E-state index in [1.807, 2.05) is 6.07 Å². The highest BCUT2D eigenvalue weighted by Crippen LogP contribution is 2.35. The van der Waals surface area contributed by atoms with Crippen LogP contribution in [-0.4, -0.2) is 9.97 Å². The lowest BCUT2D eigenvalue weighted by molar-refractivity contribution is 0.894. The van der Waals surface area contributed by atoms with Gasteiger partial charge in [-0.1, -0.05) is 0 Å². The first-order valence-electron chi connectivity index (χ1n) is 5.01. The Morgan fingerprint density at radius 1 is 1.53 bits per heavy atom. The van der Waals surface area contributed by atoms with Crippen LogP contribution >= 0.6 is 33.9 Å². The molecule has 2 heterocycles. The molecule has 2 aromatic heterocycles. The minimum absolute atomic E-state index is 0.152. The molecular weight excluding hydrogens is 349 g/mol. The van der Waals surface area contributed by atoms with Crippen molar-refractivity contribution in [3.05, 3.63) is 35.6 Å². The summed E-state index contributed by atoms with van der Waals surface area (Å²) in [5.41, 5.74) is 2.57. The molecule has 0 aromatic carbocycles. The molecule has 2 aromatic rings. The third-order valence-electron chi connectivity index (χ3n) is 2.77. The molecule has 0 fully saturated rings. The summed E-state index contributed by atoms with van der Waals surface area (Å²) < 4.78 is 0.991. The van der Waals surface area contributed by atoms with Crippen molar-refractivity contribution in [1.29, 1.82) is 5.26 Å². The Morgan fingerprint density at radius 3 is 3.12 bits per heavy atom. The van der Waals surface area contributed by atoms with Crippen LogP contribution in [0.15, 0.2) is 10.9 Å². The molecule has 4 nitrogen and oxygen atoms in total. The molecule has 0 radical (unpaired) electrons. The quantitative estimate of drug-likeness (QED) is 0.736. The number of aryl methyl sites for hydroxylation is 2. The number of nitriles is 1. The van der Waals surface area contributed by atoms with Crippen molar-refractivity contribution in [2.45, 2.75) is 12.8 Å². The van der Waals surface area contributed by atoms with Crippen LogP contribution in [0.2, 0.25) is 0 Å². The van der Waals surface area contributed by atoms with Crippen LogP contribution in [-0.2, 0) is 12.8 Å². The molecule has 84 valence electrons. The summed E-state index contributed by atoms with van der Waals surface area (Å²) in [6.07, 6.45) is 1.71. The molecule has 0 saturated heterocycles. The number of H-pyrrole nitrogens is 1. The first-order valence-corrected chi connectivity index (χ1v) is 6.90. The van der Waals surface area contributed by atoms with Crippen LogP contribution in [0.4, 0.5) is 0 Å². The van der Waals surface area contributed by atoms with Crippen LogP contribution in [0.5, 0.6) is 0 Å². The third-order valence-corrected chi connectivity index (χ3v) is 4.58. The second kappa shape index (κ2) is 3.92. The lowest BCUT2D eigenvalue weighted by Gasteiger charge is -2.14. The van der Waals surface area contributed by atoms with Gasteiger partial charge in [0.2, 0.25) is 0 Å². The summed E-state index contributed by atoms with van der Waals surface area (Å²) in [7, 11) is 0. The Morgan fingerprint density at radius 2 is 2.35 bits per heavy atom. The maximum Gasteiger partial charge on any atom is 0.266 e. The zero-order valence-electron chi connectivity index (χ0n) is 8.58. The number of aromatic nitrogens is 2. The van der Waals surface area contributed by atoms with Gasteiger partial charge in [0.25, 0.3) is 5.56 Å². The summed E-state index contributed by atoms with van der Waals surface area (Å²) in [5.74, 6) is 0. The summed E-state index contributed by atoms with van der Waals surface area (Å²) in [6, 6.07) is 3.57. The van der Waals surface area contributed by atoms with E-state index in [0.717, 1.165) is 32.8 Å². The third kappa shape index (κ3) is 1.70. The Hall–Kier alpha value is -1.20. The maximum absolute atomic E-state index is 11.5. The van der Waals surface area contributed by atoms with E-state index in [9.17, 15) is 4.79 Å². The predicted octanol–water partition coefficient (Wildman–Crippen LogP) is 2.07. The van der Waals surface area contributed by atoms with Gasteiger partial charge in [0.1, 0.15) is 11.6 Å². The minimum atomic E-state index is -0.306. The van der Waals surface area contributed by atoms with Crippen molar-refractivity contribution >= 4 is 33.9 Å². The largest absolute Gasteiger partial charge is 0.324 e. The van der Waals surface area contributed by atoms with E-state index in [1.165, 1.54) is 4.88 Å². The second-order valence-electron chi connectivity index (χ2n) is 3.75. The van der Waals surface area contributed by atoms with E-state index in [4.69, 9.17) is 5.26 Å². The Labute approximate surface area is 114 Å². The Balaban J connectivity index is 2.31. The SMILES string of the molecule is N#Cc1cc2c([nH]c1=O)CCc1sc(I)nc1-2. The Kier molecular flexibility index (Phi) is 2.52. The highest BCUT2D eigenvalue weighted by molar-refractivity contribution is 14.1. The number of halogens is 1. The average Bonchev–Trinajstić information content (AvgIpc) is 2.69. The van der Waals surface area contributed by atoms with Crippen LogP contribution in [0.3, 0.4) is 0 Å². The summed E-state index contributed by atoms with van der Waals surface area (Å²) in [5, 5.41) is 8.88. The molecule has 0 spiro atoms. The fourth-order valence-corrected chi connectivity index (χ4v) is 3.84. The monoisotopic (exact) mass is 355 g/mol. The molecule has 1 aliphatic carbocycles. The first-order chi connectivity index (χ1) is 8.19. The van der Waals surface area contributed by atoms with Gasteiger partial charge in [0.15, 0.2) is 3.01 Å². The number of fused-ring (bicyclic) bond motifs is 3. The lowest BCUT2D eigenvalue weighted by Crippen LogP contribution is -2.16. The molecule has 1 aliphatic rings. The fraction of sp³-hybridized carbons (Fsp3) is 0.182. The normalized spacial score (nSPS) is 12.7. The van der Waals surface area contributed by atoms with Gasteiger partial charge >= 0.3 is 0 Å². The van der Waals surface area contributed by atoms with E-state index in [-0.39, 0.29) is 11.1 Å². The van der Waals surface area contributed by atoms with Gasteiger partial charge in [-0.25, -0.2) is 4.98 Å². The summed E-state index contributed by atoms with van der Waals surface area (Å²) in [6.45, 7) is 0. The van der Waals surface area contributed by atoms with Gasteiger partial charge < -0.3 is 4.98 Å². The first kappa shape index (κ1) is 10.9. The topological polar surface area (TPSA) is 69.5 Å². The molecule has 0 saturated carbocycles. The number of nitrogens with one attached hydrogen (secondary N) is 1. The number of thiazole rings is 1. The number of nitrogens with zero attached hydrogens (tertiary/aromatic N) is 2. The smallest absolute Gasteiger partial charge is 0.266 e. The highest BCUT2D eigenvalue weighted by Gasteiger charge is 2.22. The number of rotatable bonds is 0. The Bertz CT molecular complexity index is 710. The van der Waals surface area contributed by atoms with Gasteiger partial charge in [0, 0.05) is 16.1 Å². The van der Waals surface area contributed by atoms with E-state index in [0.29, 0.717) is 0 Å². The molecule has 0 amide bonds. The van der Waals surface area contributed by atoms with Crippen LogP contribution in [0.25, 0.3) is 11.3 Å². The number of aromatic amines is 1. The van der Waals surface area contributed by atoms with E-state index in [2.05, 4.69) is 32.6 Å². The van der Waals surface area contributed by atoms with Gasteiger partial charge in [0.05, 0.1) is 5.69 Å². The van der Waals surface area contributed by atoms with Crippen LogP contribution in [0.1, 0.15) is 16.1 Å². The average molecular weight is 355 g/mol. The molecule has 0 unspecified atom stereocenters. The zero-order chi connectivity index (χ0) is 12.0. The number of pyridine rings is 1. The van der Waals surface area contributed by atoms with Crippen LogP contribution in [0, 0.1) is 14.3 Å². The molecular formula is C11H6IN3OS. The molecule has 3 rings (SSSR count). The fourth-order valence-electron chi connectivity index (χ4n) is 2.00. The molecule has 0 bridgehead atoms. The number of hydrogen-bond donors (Lipinski definition) is 1.